The molecule has 3 aromatic carbocycles. The number of aryl methyl sites for hydroxylation is 1. The van der Waals surface area contributed by atoms with Gasteiger partial charge in [-0.2, -0.15) is 0 Å². The van der Waals surface area contributed by atoms with E-state index in [1.807, 2.05) is 24.3 Å². The summed E-state index contributed by atoms with van der Waals surface area (Å²) in [6, 6.07) is 22.6. The molecule has 5 heteroatoms. The average Bonchev–Trinajstić information content (AvgIpc) is 2.66. The Morgan fingerprint density at radius 3 is 2.38 bits per heavy atom. The third kappa shape index (κ3) is 4.83. The predicted octanol–water partition coefficient (Wildman–Crippen LogP) is 5.09. The first-order valence-corrected chi connectivity index (χ1v) is 8.36. The Balaban J connectivity index is 1.56. The van der Waals surface area contributed by atoms with E-state index >= 15 is 0 Å². The predicted molar refractivity (Wildman–Crippen MR) is 102 cm³/mol. The van der Waals surface area contributed by atoms with Crippen LogP contribution >= 0.6 is 0 Å². The zero-order valence-corrected chi connectivity index (χ0v) is 14.5. The van der Waals surface area contributed by atoms with Gasteiger partial charge >= 0.3 is 0 Å². The zero-order chi connectivity index (χ0) is 18.4. The van der Waals surface area contributed by atoms with Crippen molar-refractivity contribution in [2.75, 3.05) is 5.32 Å². The van der Waals surface area contributed by atoms with Gasteiger partial charge in [-0.25, -0.2) is 0 Å². The molecule has 3 rings (SSSR count). The second kappa shape index (κ2) is 8.16. The van der Waals surface area contributed by atoms with Crippen LogP contribution in [0.5, 0.6) is 5.75 Å². The van der Waals surface area contributed by atoms with Crippen molar-refractivity contribution in [3.63, 3.8) is 0 Å². The van der Waals surface area contributed by atoms with Gasteiger partial charge in [0.05, 0.1) is 4.92 Å². The van der Waals surface area contributed by atoms with Crippen LogP contribution in [0.3, 0.4) is 0 Å². The first-order chi connectivity index (χ1) is 12.6. The van der Waals surface area contributed by atoms with Crippen molar-refractivity contribution in [1.29, 1.82) is 0 Å². The largest absolute Gasteiger partial charge is 0.489 e. The average molecular weight is 348 g/mol. The molecule has 132 valence electrons. The summed E-state index contributed by atoms with van der Waals surface area (Å²) in [5.74, 6) is 0.770. The monoisotopic (exact) mass is 348 g/mol. The molecule has 0 saturated carbocycles. The lowest BCUT2D eigenvalue weighted by Gasteiger charge is -2.10. The van der Waals surface area contributed by atoms with Crippen LogP contribution in [0.4, 0.5) is 11.4 Å². The van der Waals surface area contributed by atoms with E-state index in [-0.39, 0.29) is 5.69 Å². The highest BCUT2D eigenvalue weighted by Gasteiger charge is 2.04. The fourth-order valence-corrected chi connectivity index (χ4v) is 2.50. The molecule has 0 bridgehead atoms. The number of nitrogens with zero attached hydrogens (tertiary/aromatic N) is 1. The van der Waals surface area contributed by atoms with E-state index in [1.165, 1.54) is 17.7 Å². The number of non-ortho nitro benzene ring substituents is 1. The molecule has 0 aliphatic heterocycles. The molecule has 5 nitrogen and oxygen atoms in total. The highest BCUT2D eigenvalue weighted by Crippen LogP contribution is 2.18. The summed E-state index contributed by atoms with van der Waals surface area (Å²) in [6.07, 6.45) is 0. The molecule has 0 spiro atoms. The molecular formula is C21H20N2O3. The SMILES string of the molecule is Cc1ccc(NCc2cccc(OCc3ccc([N+](=O)[O-])cc3)c2)cc1. The lowest BCUT2D eigenvalue weighted by Crippen LogP contribution is -2.00. The number of hydrogen-bond donors (Lipinski definition) is 1. The van der Waals surface area contributed by atoms with Gasteiger partial charge in [-0.15, -0.1) is 0 Å². The maximum atomic E-state index is 10.7. The molecule has 0 atom stereocenters. The minimum Gasteiger partial charge on any atom is -0.489 e. The van der Waals surface area contributed by atoms with E-state index in [9.17, 15) is 10.1 Å². The summed E-state index contributed by atoms with van der Waals surface area (Å²) in [5, 5.41) is 14.1. The lowest BCUT2D eigenvalue weighted by atomic mass is 10.2. The molecule has 0 fully saturated rings. The van der Waals surface area contributed by atoms with Crippen molar-refractivity contribution in [2.24, 2.45) is 0 Å². The number of anilines is 1. The molecule has 0 saturated heterocycles. The molecule has 3 aromatic rings. The van der Waals surface area contributed by atoms with Gasteiger partial charge in [0, 0.05) is 24.4 Å². The summed E-state index contributed by atoms with van der Waals surface area (Å²) >= 11 is 0. The van der Waals surface area contributed by atoms with Crippen molar-refractivity contribution in [1.82, 2.24) is 0 Å². The minimum absolute atomic E-state index is 0.0814. The second-order valence-corrected chi connectivity index (χ2v) is 6.08. The summed E-state index contributed by atoms with van der Waals surface area (Å²) in [5.41, 5.74) is 4.40. The Labute approximate surface area is 152 Å². The molecule has 0 aliphatic carbocycles. The van der Waals surface area contributed by atoms with Gasteiger partial charge in [-0.05, 0) is 54.4 Å². The number of nitrogens with one attached hydrogen (secondary N) is 1. The van der Waals surface area contributed by atoms with E-state index in [4.69, 9.17) is 4.74 Å². The minimum atomic E-state index is -0.408. The van der Waals surface area contributed by atoms with Crippen LogP contribution in [-0.4, -0.2) is 4.92 Å². The number of rotatable bonds is 7. The van der Waals surface area contributed by atoms with Crippen LogP contribution < -0.4 is 10.1 Å². The van der Waals surface area contributed by atoms with Gasteiger partial charge in [0.2, 0.25) is 0 Å². The van der Waals surface area contributed by atoms with Gasteiger partial charge in [0.1, 0.15) is 12.4 Å². The Kier molecular flexibility index (Phi) is 5.49. The highest BCUT2D eigenvalue weighted by atomic mass is 16.6. The molecule has 0 heterocycles. The Bertz CT molecular complexity index is 875. The molecule has 0 amide bonds. The fourth-order valence-electron chi connectivity index (χ4n) is 2.50. The number of nitro benzene ring substituents is 1. The normalized spacial score (nSPS) is 10.3. The third-order valence-electron chi connectivity index (χ3n) is 4.00. The lowest BCUT2D eigenvalue weighted by molar-refractivity contribution is -0.384. The number of hydrogen-bond acceptors (Lipinski definition) is 4. The molecule has 26 heavy (non-hydrogen) atoms. The van der Waals surface area contributed by atoms with Crippen molar-refractivity contribution >= 4 is 11.4 Å². The van der Waals surface area contributed by atoms with Crippen LogP contribution in [0.15, 0.2) is 72.8 Å². The fraction of sp³-hybridized carbons (Fsp3) is 0.143. The van der Waals surface area contributed by atoms with Crippen molar-refractivity contribution in [2.45, 2.75) is 20.1 Å². The van der Waals surface area contributed by atoms with Gasteiger partial charge < -0.3 is 10.1 Å². The zero-order valence-electron chi connectivity index (χ0n) is 14.5. The Hall–Kier alpha value is -3.34. The molecule has 0 aliphatic rings. The summed E-state index contributed by atoms with van der Waals surface area (Å²) in [7, 11) is 0. The quantitative estimate of drug-likeness (QED) is 0.477. The van der Waals surface area contributed by atoms with E-state index in [2.05, 4.69) is 36.5 Å². The Morgan fingerprint density at radius 2 is 1.69 bits per heavy atom. The number of benzene rings is 3. The first kappa shape index (κ1) is 17.5. The molecule has 0 aromatic heterocycles. The van der Waals surface area contributed by atoms with Crippen LogP contribution in [-0.2, 0) is 13.2 Å². The topological polar surface area (TPSA) is 64.4 Å². The van der Waals surface area contributed by atoms with Crippen LogP contribution in [0.1, 0.15) is 16.7 Å². The van der Waals surface area contributed by atoms with E-state index in [0.717, 1.165) is 22.6 Å². The smallest absolute Gasteiger partial charge is 0.269 e. The van der Waals surface area contributed by atoms with Crippen LogP contribution in [0.2, 0.25) is 0 Å². The van der Waals surface area contributed by atoms with Gasteiger partial charge in [0.25, 0.3) is 5.69 Å². The molecule has 1 N–H and O–H groups in total. The number of ether oxygens (including phenoxy) is 1. The summed E-state index contributed by atoms with van der Waals surface area (Å²) < 4.78 is 5.80. The summed E-state index contributed by atoms with van der Waals surface area (Å²) in [4.78, 5) is 10.3. The van der Waals surface area contributed by atoms with Crippen molar-refractivity contribution in [3.8, 4) is 5.75 Å². The van der Waals surface area contributed by atoms with E-state index < -0.39 is 4.92 Å². The van der Waals surface area contributed by atoms with Crippen LogP contribution in [0.25, 0.3) is 0 Å². The van der Waals surface area contributed by atoms with Gasteiger partial charge in [-0.3, -0.25) is 10.1 Å². The van der Waals surface area contributed by atoms with Crippen molar-refractivity contribution < 1.29 is 9.66 Å². The third-order valence-corrected chi connectivity index (χ3v) is 4.00. The van der Waals surface area contributed by atoms with E-state index in [0.29, 0.717) is 13.2 Å². The van der Waals surface area contributed by atoms with Crippen molar-refractivity contribution in [3.05, 3.63) is 99.6 Å². The van der Waals surface area contributed by atoms with E-state index in [1.54, 1.807) is 12.1 Å². The molecular weight excluding hydrogens is 328 g/mol. The highest BCUT2D eigenvalue weighted by molar-refractivity contribution is 5.45. The standard InChI is InChI=1S/C21H20N2O3/c1-16-5-9-19(10-6-16)22-14-18-3-2-4-21(13-18)26-15-17-7-11-20(12-8-17)23(24)25/h2-13,22H,14-15H2,1H3. The molecule has 0 radical (unpaired) electrons. The molecule has 0 unspecified atom stereocenters. The first-order valence-electron chi connectivity index (χ1n) is 8.36. The second-order valence-electron chi connectivity index (χ2n) is 6.08. The summed E-state index contributed by atoms with van der Waals surface area (Å²) in [6.45, 7) is 3.14. The maximum absolute atomic E-state index is 10.7. The maximum Gasteiger partial charge on any atom is 0.269 e. The van der Waals surface area contributed by atoms with Crippen LogP contribution in [0, 0.1) is 17.0 Å². The number of nitro groups is 1. The van der Waals surface area contributed by atoms with Gasteiger partial charge in [0.15, 0.2) is 0 Å². The van der Waals surface area contributed by atoms with Gasteiger partial charge in [-0.1, -0.05) is 29.8 Å². The Morgan fingerprint density at radius 1 is 0.962 bits per heavy atom.